The minimum Gasteiger partial charge on any atom is -0.487 e. The van der Waals surface area contributed by atoms with Gasteiger partial charge in [0.05, 0.1) is 18.9 Å². The molecule has 1 saturated heterocycles. The summed E-state index contributed by atoms with van der Waals surface area (Å²) < 4.78 is 7.74. The third-order valence-corrected chi connectivity index (χ3v) is 3.97. The predicted molar refractivity (Wildman–Crippen MR) is 89.8 cm³/mol. The first-order valence-electron chi connectivity index (χ1n) is 8.29. The quantitative estimate of drug-likeness (QED) is 0.821. The van der Waals surface area contributed by atoms with Gasteiger partial charge in [0.25, 0.3) is 0 Å². The van der Waals surface area contributed by atoms with Gasteiger partial charge in [-0.15, -0.1) is 0 Å². The molecule has 7 heteroatoms. The molecule has 1 unspecified atom stereocenters. The summed E-state index contributed by atoms with van der Waals surface area (Å²) in [6.07, 6.45) is 8.98. The molecule has 7 nitrogen and oxygen atoms in total. The van der Waals surface area contributed by atoms with E-state index in [9.17, 15) is 4.79 Å². The molecule has 2 amide bonds. The first-order valence-corrected chi connectivity index (χ1v) is 8.29. The molecule has 0 aliphatic carbocycles. The highest BCUT2D eigenvalue weighted by molar-refractivity contribution is 5.74. The van der Waals surface area contributed by atoms with Crippen molar-refractivity contribution in [3.05, 3.63) is 42.5 Å². The van der Waals surface area contributed by atoms with Crippen LogP contribution in [0.3, 0.4) is 0 Å². The molecule has 2 aromatic rings. The zero-order valence-electron chi connectivity index (χ0n) is 13.9. The molecular weight excluding hydrogens is 306 g/mol. The summed E-state index contributed by atoms with van der Waals surface area (Å²) >= 11 is 0. The van der Waals surface area contributed by atoms with E-state index in [4.69, 9.17) is 4.74 Å². The van der Waals surface area contributed by atoms with Crippen LogP contribution in [-0.2, 0) is 6.54 Å². The Morgan fingerprint density at radius 2 is 2.38 bits per heavy atom. The van der Waals surface area contributed by atoms with Crippen LogP contribution in [0.25, 0.3) is 0 Å². The number of nitrogens with zero attached hydrogens (tertiary/aromatic N) is 4. The number of hydrogen-bond donors (Lipinski definition) is 1. The number of carbonyl (C=O) groups excluding carboxylic acids is 1. The van der Waals surface area contributed by atoms with Crippen LogP contribution < -0.4 is 10.1 Å². The van der Waals surface area contributed by atoms with Crippen LogP contribution in [0.4, 0.5) is 4.79 Å². The average Bonchev–Trinajstić information content (AvgIpc) is 3.21. The average molecular weight is 329 g/mol. The summed E-state index contributed by atoms with van der Waals surface area (Å²) in [5.41, 5.74) is 1.15. The third-order valence-electron chi connectivity index (χ3n) is 3.97. The summed E-state index contributed by atoms with van der Waals surface area (Å²) in [5, 5.41) is 7.20. The molecule has 1 atom stereocenters. The van der Waals surface area contributed by atoms with Crippen LogP contribution in [0, 0.1) is 6.92 Å². The second kappa shape index (κ2) is 7.81. The molecule has 3 rings (SSSR count). The fraction of sp³-hybridized carbons (Fsp3) is 0.471. The van der Waals surface area contributed by atoms with Crippen molar-refractivity contribution < 1.29 is 9.53 Å². The zero-order chi connectivity index (χ0) is 16.8. The first kappa shape index (κ1) is 16.3. The molecular formula is C17H23N5O2. The molecule has 0 aromatic carbocycles. The lowest BCUT2D eigenvalue weighted by Gasteiger charge is -2.18. The number of hydrogen-bond acceptors (Lipinski definition) is 4. The SMILES string of the molecule is Cc1cnn(CCCNC(=O)N2CCC(Oc3cccnc3)C2)c1. The van der Waals surface area contributed by atoms with E-state index in [2.05, 4.69) is 15.4 Å². The Bertz CT molecular complexity index is 658. The van der Waals surface area contributed by atoms with Crippen molar-refractivity contribution in [3.63, 3.8) is 0 Å². The largest absolute Gasteiger partial charge is 0.487 e. The molecule has 1 N–H and O–H groups in total. The Labute approximate surface area is 141 Å². The van der Waals surface area contributed by atoms with E-state index in [1.54, 1.807) is 17.3 Å². The summed E-state index contributed by atoms with van der Waals surface area (Å²) in [6.45, 7) is 4.79. The van der Waals surface area contributed by atoms with Gasteiger partial charge in [-0.05, 0) is 31.0 Å². The van der Waals surface area contributed by atoms with Gasteiger partial charge in [0.15, 0.2) is 0 Å². The van der Waals surface area contributed by atoms with Crippen molar-refractivity contribution in [2.45, 2.75) is 32.4 Å². The van der Waals surface area contributed by atoms with E-state index >= 15 is 0 Å². The summed E-state index contributed by atoms with van der Waals surface area (Å²) in [6, 6.07) is 3.70. The number of carbonyl (C=O) groups is 1. The van der Waals surface area contributed by atoms with Gasteiger partial charge in [-0.2, -0.15) is 5.10 Å². The maximum Gasteiger partial charge on any atom is 0.317 e. The van der Waals surface area contributed by atoms with Gasteiger partial charge < -0.3 is 15.0 Å². The molecule has 128 valence electrons. The van der Waals surface area contributed by atoms with Crippen molar-refractivity contribution in [3.8, 4) is 5.75 Å². The number of aryl methyl sites for hydroxylation is 2. The molecule has 2 aromatic heterocycles. The number of pyridine rings is 1. The van der Waals surface area contributed by atoms with Gasteiger partial charge in [-0.3, -0.25) is 9.67 Å². The summed E-state index contributed by atoms with van der Waals surface area (Å²) in [5.74, 6) is 0.749. The van der Waals surface area contributed by atoms with Gasteiger partial charge in [-0.25, -0.2) is 4.79 Å². The first-order chi connectivity index (χ1) is 11.7. The van der Waals surface area contributed by atoms with Gasteiger partial charge in [0.2, 0.25) is 0 Å². The molecule has 24 heavy (non-hydrogen) atoms. The molecule has 3 heterocycles. The highest BCUT2D eigenvalue weighted by Gasteiger charge is 2.27. The van der Waals surface area contributed by atoms with Crippen LogP contribution in [0.15, 0.2) is 36.9 Å². The highest BCUT2D eigenvalue weighted by Crippen LogP contribution is 2.17. The summed E-state index contributed by atoms with van der Waals surface area (Å²) in [4.78, 5) is 18.0. The van der Waals surface area contributed by atoms with Crippen LogP contribution >= 0.6 is 0 Å². The minimum atomic E-state index is -0.0241. The molecule has 1 fully saturated rings. The lowest BCUT2D eigenvalue weighted by atomic mass is 10.3. The molecule has 0 radical (unpaired) electrons. The third kappa shape index (κ3) is 4.47. The van der Waals surface area contributed by atoms with Crippen LogP contribution in [0.1, 0.15) is 18.4 Å². The number of rotatable bonds is 6. The highest BCUT2D eigenvalue weighted by atomic mass is 16.5. The van der Waals surface area contributed by atoms with Crippen molar-refractivity contribution in [1.82, 2.24) is 25.0 Å². The molecule has 0 spiro atoms. The monoisotopic (exact) mass is 329 g/mol. The molecule has 0 bridgehead atoms. The fourth-order valence-corrected chi connectivity index (χ4v) is 2.76. The topological polar surface area (TPSA) is 72.3 Å². The van der Waals surface area contributed by atoms with Gasteiger partial charge >= 0.3 is 6.03 Å². The number of nitrogens with one attached hydrogen (secondary N) is 1. The number of likely N-dealkylation sites (tertiary alicyclic amines) is 1. The van der Waals surface area contributed by atoms with E-state index in [0.29, 0.717) is 13.1 Å². The van der Waals surface area contributed by atoms with Crippen LogP contribution in [0.5, 0.6) is 5.75 Å². The fourth-order valence-electron chi connectivity index (χ4n) is 2.76. The van der Waals surface area contributed by atoms with E-state index in [0.717, 1.165) is 37.2 Å². The smallest absolute Gasteiger partial charge is 0.317 e. The van der Waals surface area contributed by atoms with Gasteiger partial charge in [0, 0.05) is 38.4 Å². The Balaban J connectivity index is 1.35. The van der Waals surface area contributed by atoms with E-state index in [-0.39, 0.29) is 12.1 Å². The second-order valence-corrected chi connectivity index (χ2v) is 6.03. The Kier molecular flexibility index (Phi) is 5.30. The molecule has 1 aliphatic rings. The normalized spacial score (nSPS) is 17.0. The lowest BCUT2D eigenvalue weighted by Crippen LogP contribution is -2.40. The second-order valence-electron chi connectivity index (χ2n) is 6.03. The lowest BCUT2D eigenvalue weighted by molar-refractivity contribution is 0.186. The maximum absolute atomic E-state index is 12.2. The number of amides is 2. The predicted octanol–water partition coefficient (Wildman–Crippen LogP) is 1.84. The Morgan fingerprint density at radius 3 is 3.12 bits per heavy atom. The number of aromatic nitrogens is 3. The standard InChI is InChI=1S/C17H23N5O2/c1-14-10-20-22(12-14)8-3-7-19-17(23)21-9-5-16(13-21)24-15-4-2-6-18-11-15/h2,4,6,10-12,16H,3,5,7-9,13H2,1H3,(H,19,23). The van der Waals surface area contributed by atoms with Crippen molar-refractivity contribution >= 4 is 6.03 Å². The van der Waals surface area contributed by atoms with Gasteiger partial charge in [-0.1, -0.05) is 0 Å². The molecule has 1 aliphatic heterocycles. The van der Waals surface area contributed by atoms with Crippen LogP contribution in [0.2, 0.25) is 0 Å². The number of urea groups is 1. The van der Waals surface area contributed by atoms with Crippen molar-refractivity contribution in [1.29, 1.82) is 0 Å². The Morgan fingerprint density at radius 1 is 1.46 bits per heavy atom. The Hall–Kier alpha value is -2.57. The van der Waals surface area contributed by atoms with Crippen molar-refractivity contribution in [2.75, 3.05) is 19.6 Å². The van der Waals surface area contributed by atoms with Crippen LogP contribution in [-0.4, -0.2) is 51.4 Å². The van der Waals surface area contributed by atoms with E-state index < -0.39 is 0 Å². The van der Waals surface area contributed by atoms with Crippen molar-refractivity contribution in [2.24, 2.45) is 0 Å². The van der Waals surface area contributed by atoms with E-state index in [1.165, 1.54) is 0 Å². The maximum atomic E-state index is 12.2. The van der Waals surface area contributed by atoms with E-state index in [1.807, 2.05) is 36.1 Å². The summed E-state index contributed by atoms with van der Waals surface area (Å²) in [7, 11) is 0. The van der Waals surface area contributed by atoms with Gasteiger partial charge in [0.1, 0.15) is 11.9 Å². The number of ether oxygens (including phenoxy) is 1. The molecule has 0 saturated carbocycles. The zero-order valence-corrected chi connectivity index (χ0v) is 13.9. The minimum absolute atomic E-state index is 0.0241.